The number of likely N-dealkylation sites (tertiary alicyclic amines) is 2. The van der Waals surface area contributed by atoms with Gasteiger partial charge in [-0.3, -0.25) is 15.4 Å². The van der Waals surface area contributed by atoms with Gasteiger partial charge >= 0.3 is 6.03 Å². The number of urea groups is 1. The fourth-order valence-corrected chi connectivity index (χ4v) is 3.99. The lowest BCUT2D eigenvalue weighted by Crippen LogP contribution is -2.47. The average molecular weight is 430 g/mol. The number of carbonyl (C=O) groups is 1. The van der Waals surface area contributed by atoms with Gasteiger partial charge < -0.3 is 14.5 Å². The molecule has 164 valence electrons. The Bertz CT molecular complexity index is 960. The van der Waals surface area contributed by atoms with Gasteiger partial charge in [0.05, 0.1) is 11.0 Å². The number of ether oxygens (including phenoxy) is 1. The Morgan fingerprint density at radius 3 is 2.58 bits per heavy atom. The number of nitrogens with zero attached hydrogens (tertiary/aromatic N) is 5. The van der Waals surface area contributed by atoms with E-state index in [9.17, 15) is 19.3 Å². The summed E-state index contributed by atoms with van der Waals surface area (Å²) in [6.07, 6.45) is 5.59. The van der Waals surface area contributed by atoms with Crippen molar-refractivity contribution in [1.82, 2.24) is 19.8 Å². The third-order valence-electron chi connectivity index (χ3n) is 5.63. The third kappa shape index (κ3) is 5.05. The summed E-state index contributed by atoms with van der Waals surface area (Å²) < 4.78 is 19.4. The molecule has 2 fully saturated rings. The summed E-state index contributed by atoms with van der Waals surface area (Å²) in [6, 6.07) is 4.71. The number of hydrogen-bond acceptors (Lipinski definition) is 7. The molecule has 2 aromatic rings. The monoisotopic (exact) mass is 430 g/mol. The number of hydrogen-bond donors (Lipinski definition) is 1. The first kappa shape index (κ1) is 20.9. The van der Waals surface area contributed by atoms with Crippen LogP contribution in [-0.4, -0.2) is 62.9 Å². The van der Waals surface area contributed by atoms with E-state index in [4.69, 9.17) is 4.74 Å². The minimum Gasteiger partial charge on any atom is -0.436 e. The zero-order valence-electron chi connectivity index (χ0n) is 16.9. The molecule has 1 N–H and O–H groups in total. The van der Waals surface area contributed by atoms with Gasteiger partial charge in [-0.15, -0.1) is 0 Å². The Balaban J connectivity index is 1.34. The molecule has 1 aromatic carbocycles. The summed E-state index contributed by atoms with van der Waals surface area (Å²) >= 11 is 0. The minimum absolute atomic E-state index is 0.00537. The standard InChI is InChI=1S/C20H23FN6O4/c21-16-11-15(27(29)30)3-4-17(16)31-19-12-18(22-13-23-19)24-20(28)26-9-5-14(6-10-26)25-7-1-2-8-25/h3-4,11-14H,1-2,5-10H2,(H,22,23,24,28). The molecule has 0 radical (unpaired) electrons. The Hall–Kier alpha value is -3.34. The van der Waals surface area contributed by atoms with Crippen molar-refractivity contribution < 1.29 is 18.8 Å². The van der Waals surface area contributed by atoms with Gasteiger partial charge in [-0.2, -0.15) is 0 Å². The molecule has 2 amide bonds. The summed E-state index contributed by atoms with van der Waals surface area (Å²) in [7, 11) is 0. The normalized spacial score (nSPS) is 17.5. The predicted octanol–water partition coefficient (Wildman–Crippen LogP) is 3.41. The number of anilines is 1. The van der Waals surface area contributed by atoms with E-state index in [1.54, 1.807) is 4.90 Å². The van der Waals surface area contributed by atoms with Crippen LogP contribution in [0.3, 0.4) is 0 Å². The highest BCUT2D eigenvalue weighted by molar-refractivity contribution is 5.88. The number of amides is 2. The van der Waals surface area contributed by atoms with Crippen LogP contribution in [-0.2, 0) is 0 Å². The number of aromatic nitrogens is 2. The molecule has 0 aliphatic carbocycles. The highest BCUT2D eigenvalue weighted by atomic mass is 19.1. The van der Waals surface area contributed by atoms with E-state index >= 15 is 0 Å². The van der Waals surface area contributed by atoms with E-state index < -0.39 is 10.7 Å². The molecule has 0 saturated carbocycles. The second-order valence-electron chi connectivity index (χ2n) is 7.61. The van der Waals surface area contributed by atoms with Crippen molar-refractivity contribution in [3.8, 4) is 11.6 Å². The molecular weight excluding hydrogens is 407 g/mol. The van der Waals surface area contributed by atoms with Crippen LogP contribution in [0.5, 0.6) is 11.6 Å². The molecule has 4 rings (SSSR count). The molecule has 0 atom stereocenters. The van der Waals surface area contributed by atoms with E-state index in [0.717, 1.165) is 44.1 Å². The van der Waals surface area contributed by atoms with Crippen molar-refractivity contribution in [3.63, 3.8) is 0 Å². The zero-order valence-corrected chi connectivity index (χ0v) is 16.9. The summed E-state index contributed by atoms with van der Waals surface area (Å²) in [4.78, 5) is 34.8. The Kier molecular flexibility index (Phi) is 6.21. The molecule has 2 aliphatic heterocycles. The summed E-state index contributed by atoms with van der Waals surface area (Å²) in [5.41, 5.74) is -0.381. The molecule has 11 heteroatoms. The van der Waals surface area contributed by atoms with E-state index in [2.05, 4.69) is 20.2 Å². The Morgan fingerprint density at radius 1 is 1.16 bits per heavy atom. The van der Waals surface area contributed by atoms with Crippen LogP contribution in [0.2, 0.25) is 0 Å². The number of benzene rings is 1. The van der Waals surface area contributed by atoms with E-state index in [1.807, 2.05) is 0 Å². The maximum Gasteiger partial charge on any atom is 0.323 e. The van der Waals surface area contributed by atoms with Crippen molar-refractivity contribution in [2.24, 2.45) is 0 Å². The number of halogens is 1. The average Bonchev–Trinajstić information content (AvgIpc) is 3.30. The molecule has 0 bridgehead atoms. The number of rotatable bonds is 5. The maximum absolute atomic E-state index is 14.0. The fraction of sp³-hybridized carbons (Fsp3) is 0.450. The molecule has 2 saturated heterocycles. The van der Waals surface area contributed by atoms with Gasteiger partial charge in [0.1, 0.15) is 12.1 Å². The van der Waals surface area contributed by atoms with Gasteiger partial charge in [0.2, 0.25) is 5.88 Å². The van der Waals surface area contributed by atoms with Crippen LogP contribution in [0, 0.1) is 15.9 Å². The fourth-order valence-electron chi connectivity index (χ4n) is 3.99. The van der Waals surface area contributed by atoms with E-state index in [-0.39, 0.29) is 29.2 Å². The lowest BCUT2D eigenvalue weighted by molar-refractivity contribution is -0.385. The highest BCUT2D eigenvalue weighted by Crippen LogP contribution is 2.27. The second-order valence-corrected chi connectivity index (χ2v) is 7.61. The second kappa shape index (κ2) is 9.21. The minimum atomic E-state index is -0.890. The van der Waals surface area contributed by atoms with Crippen LogP contribution in [0.4, 0.5) is 20.7 Å². The number of piperidine rings is 1. The molecular formula is C20H23FN6O4. The van der Waals surface area contributed by atoms with Crippen molar-refractivity contribution in [1.29, 1.82) is 0 Å². The van der Waals surface area contributed by atoms with Gasteiger partial charge in [-0.1, -0.05) is 0 Å². The summed E-state index contributed by atoms with van der Waals surface area (Å²) in [5.74, 6) is -0.880. The van der Waals surface area contributed by atoms with Crippen molar-refractivity contribution in [2.75, 3.05) is 31.5 Å². The smallest absolute Gasteiger partial charge is 0.323 e. The SMILES string of the molecule is O=C(Nc1cc(Oc2ccc([N+](=O)[O-])cc2F)ncn1)N1CCC(N2CCCC2)CC1. The first-order valence-corrected chi connectivity index (χ1v) is 10.2. The number of carbonyl (C=O) groups excluding carboxylic acids is 1. The lowest BCUT2D eigenvalue weighted by atomic mass is 10.0. The molecule has 0 spiro atoms. The number of nitro benzene ring substituents is 1. The topological polar surface area (TPSA) is 114 Å². The zero-order chi connectivity index (χ0) is 21.8. The first-order valence-electron chi connectivity index (χ1n) is 10.2. The van der Waals surface area contributed by atoms with Crippen molar-refractivity contribution in [3.05, 3.63) is 46.5 Å². The van der Waals surface area contributed by atoms with Crippen molar-refractivity contribution >= 4 is 17.5 Å². The van der Waals surface area contributed by atoms with Crippen LogP contribution in [0.25, 0.3) is 0 Å². The molecule has 1 aromatic heterocycles. The van der Waals surface area contributed by atoms with Crippen LogP contribution >= 0.6 is 0 Å². The third-order valence-corrected chi connectivity index (χ3v) is 5.63. The number of nitro groups is 1. The quantitative estimate of drug-likeness (QED) is 0.571. The molecule has 0 unspecified atom stereocenters. The van der Waals surface area contributed by atoms with Gasteiger partial charge in [0.15, 0.2) is 11.6 Å². The number of nitrogens with one attached hydrogen (secondary N) is 1. The highest BCUT2D eigenvalue weighted by Gasteiger charge is 2.28. The molecule has 2 aliphatic rings. The van der Waals surface area contributed by atoms with Gasteiger partial charge in [-0.25, -0.2) is 19.2 Å². The van der Waals surface area contributed by atoms with Gasteiger partial charge in [-0.05, 0) is 44.8 Å². The van der Waals surface area contributed by atoms with E-state index in [1.165, 1.54) is 25.2 Å². The number of non-ortho nitro benzene ring substituents is 1. The van der Waals surface area contributed by atoms with Crippen LogP contribution in [0.1, 0.15) is 25.7 Å². The van der Waals surface area contributed by atoms with Gasteiger partial charge in [0.25, 0.3) is 5.69 Å². The molecule has 10 nitrogen and oxygen atoms in total. The Labute approximate surface area is 178 Å². The summed E-state index contributed by atoms with van der Waals surface area (Å²) in [5, 5.41) is 13.4. The lowest BCUT2D eigenvalue weighted by Gasteiger charge is -2.36. The van der Waals surface area contributed by atoms with Crippen LogP contribution in [0.15, 0.2) is 30.6 Å². The van der Waals surface area contributed by atoms with Gasteiger partial charge in [0, 0.05) is 31.3 Å². The molecule has 3 heterocycles. The summed E-state index contributed by atoms with van der Waals surface area (Å²) in [6.45, 7) is 3.65. The Morgan fingerprint density at radius 2 is 1.90 bits per heavy atom. The predicted molar refractivity (Wildman–Crippen MR) is 110 cm³/mol. The van der Waals surface area contributed by atoms with E-state index in [0.29, 0.717) is 19.1 Å². The van der Waals surface area contributed by atoms with Crippen LogP contribution < -0.4 is 10.1 Å². The first-order chi connectivity index (χ1) is 15.0. The maximum atomic E-state index is 14.0. The molecule has 31 heavy (non-hydrogen) atoms. The largest absolute Gasteiger partial charge is 0.436 e. The van der Waals surface area contributed by atoms with Crippen molar-refractivity contribution in [2.45, 2.75) is 31.7 Å².